The fourth-order valence-corrected chi connectivity index (χ4v) is 3.09. The van der Waals surface area contributed by atoms with Crippen molar-refractivity contribution in [2.24, 2.45) is 5.10 Å². The largest absolute Gasteiger partial charge is 0.497 e. The zero-order valence-corrected chi connectivity index (χ0v) is 14.9. The average Bonchev–Trinajstić information content (AvgIpc) is 3.07. The van der Waals surface area contributed by atoms with Gasteiger partial charge in [-0.05, 0) is 24.6 Å². The second-order valence-electron chi connectivity index (χ2n) is 6.15. The van der Waals surface area contributed by atoms with E-state index in [9.17, 15) is 4.79 Å². The first kappa shape index (κ1) is 17.0. The van der Waals surface area contributed by atoms with Crippen LogP contribution in [0.25, 0.3) is 0 Å². The van der Waals surface area contributed by atoms with Crippen LogP contribution in [0.15, 0.2) is 47.6 Å². The van der Waals surface area contributed by atoms with Crippen molar-refractivity contribution in [2.75, 3.05) is 14.2 Å². The maximum absolute atomic E-state index is 12.1. The lowest BCUT2D eigenvalue weighted by Crippen LogP contribution is -2.24. The average molecular weight is 338 g/mol. The number of hydrogen-bond donors (Lipinski definition) is 0. The number of methoxy groups -OCH3 is 2. The van der Waals surface area contributed by atoms with Gasteiger partial charge in [-0.15, -0.1) is 0 Å². The number of hydrogen-bond acceptors (Lipinski definition) is 4. The maximum atomic E-state index is 12.1. The summed E-state index contributed by atoms with van der Waals surface area (Å²) in [4.78, 5) is 12.1. The summed E-state index contributed by atoms with van der Waals surface area (Å²) in [7, 11) is 3.23. The summed E-state index contributed by atoms with van der Waals surface area (Å²) in [5, 5.41) is 6.15. The minimum atomic E-state index is -0.0930. The Kier molecular flexibility index (Phi) is 4.74. The molecule has 25 heavy (non-hydrogen) atoms. The first-order chi connectivity index (χ1) is 12.0. The number of nitrogens with zero attached hydrogens (tertiary/aromatic N) is 2. The molecular weight excluding hydrogens is 316 g/mol. The molecule has 1 aliphatic heterocycles. The molecule has 2 aromatic carbocycles. The summed E-state index contributed by atoms with van der Waals surface area (Å²) in [5.74, 6) is 1.33. The van der Waals surface area contributed by atoms with Crippen LogP contribution in [0.3, 0.4) is 0 Å². The van der Waals surface area contributed by atoms with Crippen molar-refractivity contribution in [1.29, 1.82) is 0 Å². The third-order valence-electron chi connectivity index (χ3n) is 4.34. The quantitative estimate of drug-likeness (QED) is 0.854. The van der Waals surface area contributed by atoms with Gasteiger partial charge in [0.2, 0.25) is 5.91 Å². The lowest BCUT2D eigenvalue weighted by Gasteiger charge is -2.20. The number of benzene rings is 2. The summed E-state index contributed by atoms with van der Waals surface area (Å²) in [6.45, 7) is 3.59. The van der Waals surface area contributed by atoms with Crippen LogP contribution in [0.4, 0.5) is 0 Å². The van der Waals surface area contributed by atoms with Crippen LogP contribution in [-0.2, 0) is 4.79 Å². The molecule has 1 amide bonds. The predicted molar refractivity (Wildman–Crippen MR) is 97.1 cm³/mol. The Hall–Kier alpha value is -2.82. The molecule has 0 N–H and O–H groups in total. The van der Waals surface area contributed by atoms with Crippen molar-refractivity contribution in [2.45, 2.75) is 26.3 Å². The smallest absolute Gasteiger partial charge is 0.240 e. The monoisotopic (exact) mass is 338 g/mol. The predicted octanol–water partition coefficient (Wildman–Crippen LogP) is 3.71. The Labute approximate surface area is 147 Å². The lowest BCUT2D eigenvalue weighted by molar-refractivity contribution is -0.130. The number of ether oxygens (including phenoxy) is 2. The molecule has 1 heterocycles. The van der Waals surface area contributed by atoms with Gasteiger partial charge in [-0.2, -0.15) is 5.10 Å². The zero-order valence-electron chi connectivity index (χ0n) is 14.9. The summed E-state index contributed by atoms with van der Waals surface area (Å²) < 4.78 is 10.7. The molecule has 0 fully saturated rings. The van der Waals surface area contributed by atoms with Crippen LogP contribution in [0.2, 0.25) is 0 Å². The van der Waals surface area contributed by atoms with E-state index in [1.807, 2.05) is 43.3 Å². The van der Waals surface area contributed by atoms with E-state index in [2.05, 4.69) is 11.2 Å². The van der Waals surface area contributed by atoms with Gasteiger partial charge in [0.05, 0.1) is 26.0 Å². The van der Waals surface area contributed by atoms with E-state index >= 15 is 0 Å². The van der Waals surface area contributed by atoms with Gasteiger partial charge in [-0.1, -0.05) is 29.8 Å². The SMILES string of the molecule is COc1cc(OC)cc(C2=NN(C(C)=O)C(c3cccc(C)c3)C2)c1. The first-order valence-corrected chi connectivity index (χ1v) is 8.19. The number of carbonyl (C=O) groups excluding carboxylic acids is 1. The number of amides is 1. The highest BCUT2D eigenvalue weighted by Crippen LogP contribution is 2.34. The van der Waals surface area contributed by atoms with Crippen LogP contribution in [0.5, 0.6) is 11.5 Å². The van der Waals surface area contributed by atoms with E-state index in [0.717, 1.165) is 22.4 Å². The van der Waals surface area contributed by atoms with Gasteiger partial charge in [0.25, 0.3) is 0 Å². The number of hydrazone groups is 1. The van der Waals surface area contributed by atoms with Crippen molar-refractivity contribution in [3.05, 3.63) is 59.2 Å². The van der Waals surface area contributed by atoms with E-state index in [-0.39, 0.29) is 11.9 Å². The molecule has 2 aromatic rings. The summed E-state index contributed by atoms with van der Waals surface area (Å²) in [6, 6.07) is 13.8. The first-order valence-electron chi connectivity index (χ1n) is 8.19. The normalized spacial score (nSPS) is 16.6. The van der Waals surface area contributed by atoms with Crippen molar-refractivity contribution in [3.63, 3.8) is 0 Å². The molecule has 0 aliphatic carbocycles. The van der Waals surface area contributed by atoms with Crippen LogP contribution < -0.4 is 9.47 Å². The second kappa shape index (κ2) is 6.97. The van der Waals surface area contributed by atoms with E-state index in [1.165, 1.54) is 0 Å². The van der Waals surface area contributed by atoms with E-state index in [1.54, 1.807) is 26.2 Å². The molecule has 1 aliphatic rings. The molecule has 0 saturated carbocycles. The number of rotatable bonds is 4. The van der Waals surface area contributed by atoms with Gasteiger partial charge < -0.3 is 9.47 Å². The van der Waals surface area contributed by atoms with Crippen molar-refractivity contribution in [3.8, 4) is 11.5 Å². The molecule has 0 aromatic heterocycles. The number of carbonyl (C=O) groups is 1. The third-order valence-corrected chi connectivity index (χ3v) is 4.34. The maximum Gasteiger partial charge on any atom is 0.240 e. The lowest BCUT2D eigenvalue weighted by atomic mass is 9.97. The van der Waals surface area contributed by atoms with Crippen molar-refractivity contribution in [1.82, 2.24) is 5.01 Å². The highest BCUT2D eigenvalue weighted by Gasteiger charge is 2.31. The molecule has 0 saturated heterocycles. The van der Waals surface area contributed by atoms with Crippen molar-refractivity contribution >= 4 is 11.6 Å². The molecule has 0 bridgehead atoms. The van der Waals surface area contributed by atoms with Gasteiger partial charge in [0, 0.05) is 25.0 Å². The standard InChI is InChI=1S/C20H22N2O3/c1-13-6-5-7-15(8-13)20-12-19(21-22(20)14(2)23)16-9-17(24-3)11-18(10-16)25-4/h5-11,20H,12H2,1-4H3. The molecule has 5 heteroatoms. The highest BCUT2D eigenvalue weighted by molar-refractivity contribution is 6.03. The van der Waals surface area contributed by atoms with Crippen LogP contribution >= 0.6 is 0 Å². The fraction of sp³-hybridized carbons (Fsp3) is 0.300. The van der Waals surface area contributed by atoms with Gasteiger partial charge in [-0.25, -0.2) is 5.01 Å². The van der Waals surface area contributed by atoms with E-state index < -0.39 is 0 Å². The van der Waals surface area contributed by atoms with E-state index in [0.29, 0.717) is 17.9 Å². The Morgan fingerprint density at radius 3 is 2.36 bits per heavy atom. The Morgan fingerprint density at radius 2 is 1.80 bits per heavy atom. The second-order valence-corrected chi connectivity index (χ2v) is 6.15. The Bertz CT molecular complexity index is 807. The molecule has 5 nitrogen and oxygen atoms in total. The van der Waals surface area contributed by atoms with Gasteiger partial charge in [0.1, 0.15) is 11.5 Å². The topological polar surface area (TPSA) is 51.1 Å². The Balaban J connectivity index is 1.99. The molecule has 0 radical (unpaired) electrons. The molecule has 0 spiro atoms. The van der Waals surface area contributed by atoms with Gasteiger partial charge in [0.15, 0.2) is 0 Å². The fourth-order valence-electron chi connectivity index (χ4n) is 3.09. The summed E-state index contributed by atoms with van der Waals surface area (Å²) in [6.07, 6.45) is 0.652. The summed E-state index contributed by atoms with van der Waals surface area (Å²) >= 11 is 0. The van der Waals surface area contributed by atoms with Crippen LogP contribution in [0, 0.1) is 6.92 Å². The van der Waals surface area contributed by atoms with Crippen molar-refractivity contribution < 1.29 is 14.3 Å². The zero-order chi connectivity index (χ0) is 18.0. The highest BCUT2D eigenvalue weighted by atomic mass is 16.5. The summed E-state index contributed by atoms with van der Waals surface area (Å²) in [5.41, 5.74) is 4.00. The molecule has 1 unspecified atom stereocenters. The minimum absolute atomic E-state index is 0.0728. The number of aryl methyl sites for hydroxylation is 1. The third kappa shape index (κ3) is 3.50. The Morgan fingerprint density at radius 1 is 1.12 bits per heavy atom. The van der Waals surface area contributed by atoms with Crippen LogP contribution in [0.1, 0.15) is 36.1 Å². The van der Waals surface area contributed by atoms with E-state index in [4.69, 9.17) is 9.47 Å². The minimum Gasteiger partial charge on any atom is -0.497 e. The molecule has 1 atom stereocenters. The van der Waals surface area contributed by atoms with Gasteiger partial charge in [-0.3, -0.25) is 4.79 Å². The van der Waals surface area contributed by atoms with Gasteiger partial charge >= 0.3 is 0 Å². The van der Waals surface area contributed by atoms with Crippen LogP contribution in [-0.4, -0.2) is 30.8 Å². The molecule has 3 rings (SSSR count). The molecular formula is C20H22N2O3. The molecule has 130 valence electrons.